The first-order valence-electron chi connectivity index (χ1n) is 8.17. The van der Waals surface area contributed by atoms with Crippen LogP contribution in [0.4, 0.5) is 0 Å². The Labute approximate surface area is 132 Å². The first kappa shape index (κ1) is 15.0. The minimum atomic E-state index is 0.247. The Hall–Kier alpha value is -1.87. The van der Waals surface area contributed by atoms with Gasteiger partial charge in [-0.1, -0.05) is 24.6 Å². The van der Waals surface area contributed by atoms with Crippen LogP contribution in [0.25, 0.3) is 5.69 Å². The Morgan fingerprint density at radius 3 is 2.41 bits per heavy atom. The van der Waals surface area contributed by atoms with Crippen molar-refractivity contribution < 1.29 is 4.79 Å². The Kier molecular flexibility index (Phi) is 4.44. The maximum Gasteiger partial charge on any atom is 0.178 e. The molecule has 1 saturated heterocycles. The fourth-order valence-corrected chi connectivity index (χ4v) is 3.43. The average molecular weight is 296 g/mol. The van der Waals surface area contributed by atoms with Gasteiger partial charge in [0.25, 0.3) is 0 Å². The smallest absolute Gasteiger partial charge is 0.178 e. The van der Waals surface area contributed by atoms with Crippen LogP contribution in [0.15, 0.2) is 36.4 Å². The zero-order valence-electron chi connectivity index (χ0n) is 13.5. The zero-order valence-corrected chi connectivity index (χ0v) is 13.5. The molecule has 1 aromatic carbocycles. The molecule has 0 bridgehead atoms. The van der Waals surface area contributed by atoms with Crippen LogP contribution in [0, 0.1) is 13.8 Å². The van der Waals surface area contributed by atoms with E-state index in [2.05, 4.69) is 28.5 Å². The molecule has 3 nitrogen and oxygen atoms in total. The number of rotatable bonds is 4. The third-order valence-corrected chi connectivity index (χ3v) is 4.56. The minimum absolute atomic E-state index is 0.247. The molecule has 0 aliphatic carbocycles. The van der Waals surface area contributed by atoms with Crippen LogP contribution in [-0.2, 0) is 0 Å². The molecule has 116 valence electrons. The lowest BCUT2D eigenvalue weighted by atomic mass is 10.1. The average Bonchev–Trinajstić information content (AvgIpc) is 2.84. The number of benzene rings is 1. The third-order valence-electron chi connectivity index (χ3n) is 4.56. The molecule has 1 aliphatic heterocycles. The normalized spacial score (nSPS) is 15.9. The standard InChI is InChI=1S/C19H24N2O/c1-15-13-18(19(22)14-20-11-7-4-8-12-20)16(2)21(15)17-9-5-3-6-10-17/h3,5-6,9-10,13H,4,7-8,11-12,14H2,1-2H3. The number of likely N-dealkylation sites (tertiary alicyclic amines) is 1. The molecule has 2 heterocycles. The SMILES string of the molecule is Cc1cc(C(=O)CN2CCCCC2)c(C)n1-c1ccccc1. The van der Waals surface area contributed by atoms with E-state index in [0.717, 1.165) is 35.7 Å². The maximum absolute atomic E-state index is 12.7. The highest BCUT2D eigenvalue weighted by atomic mass is 16.1. The molecule has 3 rings (SSSR count). The third kappa shape index (κ3) is 3.00. The second-order valence-electron chi connectivity index (χ2n) is 6.22. The fraction of sp³-hybridized carbons (Fsp3) is 0.421. The number of aryl methyl sites for hydroxylation is 1. The highest BCUT2D eigenvalue weighted by Gasteiger charge is 2.20. The van der Waals surface area contributed by atoms with E-state index in [9.17, 15) is 4.79 Å². The largest absolute Gasteiger partial charge is 0.318 e. The second-order valence-corrected chi connectivity index (χ2v) is 6.22. The molecule has 1 aliphatic rings. The number of aromatic nitrogens is 1. The summed E-state index contributed by atoms with van der Waals surface area (Å²) in [4.78, 5) is 15.0. The fourth-order valence-electron chi connectivity index (χ4n) is 3.43. The first-order valence-corrected chi connectivity index (χ1v) is 8.17. The molecule has 3 heteroatoms. The summed E-state index contributed by atoms with van der Waals surface area (Å²) in [7, 11) is 0. The number of Topliss-reactive ketones (excluding diaryl/α,β-unsaturated/α-hetero) is 1. The van der Waals surface area contributed by atoms with E-state index in [0.29, 0.717) is 6.54 Å². The number of ketones is 1. The zero-order chi connectivity index (χ0) is 15.5. The summed E-state index contributed by atoms with van der Waals surface area (Å²) < 4.78 is 2.17. The van der Waals surface area contributed by atoms with Crippen molar-refractivity contribution in [1.29, 1.82) is 0 Å². The van der Waals surface area contributed by atoms with Gasteiger partial charge in [-0.2, -0.15) is 0 Å². The number of para-hydroxylation sites is 1. The second kappa shape index (κ2) is 6.49. The lowest BCUT2D eigenvalue weighted by Gasteiger charge is -2.25. The van der Waals surface area contributed by atoms with Crippen molar-refractivity contribution >= 4 is 5.78 Å². The Balaban J connectivity index is 1.84. The highest BCUT2D eigenvalue weighted by Crippen LogP contribution is 2.21. The van der Waals surface area contributed by atoms with E-state index in [1.165, 1.54) is 19.3 Å². The number of piperidine rings is 1. The summed E-state index contributed by atoms with van der Waals surface area (Å²) in [6.07, 6.45) is 3.74. The molecule has 0 saturated carbocycles. The number of nitrogens with zero attached hydrogens (tertiary/aromatic N) is 2. The molecule has 0 amide bonds. The monoisotopic (exact) mass is 296 g/mol. The van der Waals surface area contributed by atoms with E-state index < -0.39 is 0 Å². The van der Waals surface area contributed by atoms with E-state index in [1.807, 2.05) is 31.2 Å². The number of carbonyl (C=O) groups is 1. The van der Waals surface area contributed by atoms with Crippen molar-refractivity contribution in [1.82, 2.24) is 9.47 Å². The van der Waals surface area contributed by atoms with Gasteiger partial charge in [-0.25, -0.2) is 0 Å². The molecular weight excluding hydrogens is 272 g/mol. The summed E-state index contributed by atoms with van der Waals surface area (Å²) in [6, 6.07) is 12.3. The van der Waals surface area contributed by atoms with Crippen LogP contribution in [-0.4, -0.2) is 34.9 Å². The van der Waals surface area contributed by atoms with Crippen molar-refractivity contribution in [3.8, 4) is 5.69 Å². The highest BCUT2D eigenvalue weighted by molar-refractivity contribution is 5.99. The molecule has 0 unspecified atom stereocenters. The van der Waals surface area contributed by atoms with Crippen molar-refractivity contribution in [2.75, 3.05) is 19.6 Å². The number of hydrogen-bond donors (Lipinski definition) is 0. The van der Waals surface area contributed by atoms with Gasteiger partial charge >= 0.3 is 0 Å². The lowest BCUT2D eigenvalue weighted by Crippen LogP contribution is -2.34. The van der Waals surface area contributed by atoms with Gasteiger partial charge in [0.15, 0.2) is 5.78 Å². The van der Waals surface area contributed by atoms with Gasteiger partial charge in [0.05, 0.1) is 6.54 Å². The van der Waals surface area contributed by atoms with Crippen LogP contribution in [0.1, 0.15) is 41.0 Å². The Morgan fingerprint density at radius 1 is 1.05 bits per heavy atom. The number of carbonyl (C=O) groups excluding carboxylic acids is 1. The van der Waals surface area contributed by atoms with Crippen molar-refractivity contribution in [3.05, 3.63) is 53.3 Å². The van der Waals surface area contributed by atoms with Crippen molar-refractivity contribution in [3.63, 3.8) is 0 Å². The Morgan fingerprint density at radius 2 is 1.73 bits per heavy atom. The van der Waals surface area contributed by atoms with E-state index >= 15 is 0 Å². The van der Waals surface area contributed by atoms with Crippen molar-refractivity contribution in [2.45, 2.75) is 33.1 Å². The predicted molar refractivity (Wildman–Crippen MR) is 89.9 cm³/mol. The van der Waals surface area contributed by atoms with E-state index in [4.69, 9.17) is 0 Å². The summed E-state index contributed by atoms with van der Waals surface area (Å²) in [5.41, 5.74) is 4.15. The lowest BCUT2D eigenvalue weighted by molar-refractivity contribution is 0.0915. The molecule has 0 spiro atoms. The number of hydrogen-bond acceptors (Lipinski definition) is 2. The molecule has 22 heavy (non-hydrogen) atoms. The molecule has 0 atom stereocenters. The van der Waals surface area contributed by atoms with Crippen LogP contribution >= 0.6 is 0 Å². The minimum Gasteiger partial charge on any atom is -0.318 e. The molecule has 1 fully saturated rings. The molecular formula is C19H24N2O. The first-order chi connectivity index (χ1) is 10.7. The Bertz CT molecular complexity index is 652. The van der Waals surface area contributed by atoms with Gasteiger partial charge in [0.1, 0.15) is 0 Å². The van der Waals surface area contributed by atoms with Crippen molar-refractivity contribution in [2.24, 2.45) is 0 Å². The van der Waals surface area contributed by atoms with Gasteiger partial charge in [0.2, 0.25) is 0 Å². The maximum atomic E-state index is 12.7. The quantitative estimate of drug-likeness (QED) is 0.803. The van der Waals surface area contributed by atoms with Crippen LogP contribution < -0.4 is 0 Å². The van der Waals surface area contributed by atoms with Crippen LogP contribution in [0.2, 0.25) is 0 Å². The molecule has 0 N–H and O–H groups in total. The van der Waals surface area contributed by atoms with Gasteiger partial charge in [-0.05, 0) is 58.0 Å². The summed E-state index contributed by atoms with van der Waals surface area (Å²) >= 11 is 0. The topological polar surface area (TPSA) is 25.2 Å². The van der Waals surface area contributed by atoms with Gasteiger partial charge in [-0.3, -0.25) is 9.69 Å². The summed E-state index contributed by atoms with van der Waals surface area (Å²) in [5, 5.41) is 0. The van der Waals surface area contributed by atoms with E-state index in [-0.39, 0.29) is 5.78 Å². The summed E-state index contributed by atoms with van der Waals surface area (Å²) in [6.45, 7) is 6.78. The van der Waals surface area contributed by atoms with Crippen LogP contribution in [0.3, 0.4) is 0 Å². The van der Waals surface area contributed by atoms with Gasteiger partial charge in [-0.15, -0.1) is 0 Å². The van der Waals surface area contributed by atoms with Crippen LogP contribution in [0.5, 0.6) is 0 Å². The molecule has 0 radical (unpaired) electrons. The predicted octanol–water partition coefficient (Wildman–Crippen LogP) is 3.76. The molecule has 1 aromatic heterocycles. The van der Waals surface area contributed by atoms with E-state index in [1.54, 1.807) is 0 Å². The van der Waals surface area contributed by atoms with Gasteiger partial charge < -0.3 is 4.57 Å². The molecule has 2 aromatic rings. The summed E-state index contributed by atoms with van der Waals surface area (Å²) in [5.74, 6) is 0.247. The van der Waals surface area contributed by atoms with Gasteiger partial charge in [0, 0.05) is 22.6 Å².